The lowest BCUT2D eigenvalue weighted by Crippen LogP contribution is -2.13. The van der Waals surface area contributed by atoms with Crippen LogP contribution >= 0.6 is 0 Å². The lowest BCUT2D eigenvalue weighted by molar-refractivity contribution is 0.102. The van der Waals surface area contributed by atoms with Crippen molar-refractivity contribution in [3.63, 3.8) is 0 Å². The van der Waals surface area contributed by atoms with Gasteiger partial charge in [0.05, 0.1) is 14.2 Å². The molecule has 1 amide bonds. The van der Waals surface area contributed by atoms with Crippen molar-refractivity contribution in [1.82, 2.24) is 0 Å². The first-order valence-corrected chi connectivity index (χ1v) is 8.77. The van der Waals surface area contributed by atoms with E-state index in [1.165, 1.54) is 0 Å². The number of carbonyl (C=O) groups excluding carboxylic acids is 2. The Labute approximate surface area is 163 Å². The van der Waals surface area contributed by atoms with Gasteiger partial charge in [-0.25, -0.2) is 0 Å². The maximum atomic E-state index is 12.7. The molecular weight excluding hydrogens is 354 g/mol. The summed E-state index contributed by atoms with van der Waals surface area (Å²) in [5.41, 5.74) is 2.85. The fraction of sp³-hybridized carbons (Fsp3) is 0.130. The van der Waals surface area contributed by atoms with E-state index in [4.69, 9.17) is 9.47 Å². The largest absolute Gasteiger partial charge is 0.496 e. The summed E-state index contributed by atoms with van der Waals surface area (Å²) in [5, 5.41) is 2.82. The smallest absolute Gasteiger partial charge is 0.255 e. The molecule has 28 heavy (non-hydrogen) atoms. The topological polar surface area (TPSA) is 64.6 Å². The summed E-state index contributed by atoms with van der Waals surface area (Å²) in [6.07, 6.45) is 0. The molecule has 0 aliphatic carbocycles. The molecule has 0 bridgehead atoms. The third kappa shape index (κ3) is 4.04. The summed E-state index contributed by atoms with van der Waals surface area (Å²) in [4.78, 5) is 25.3. The first-order valence-electron chi connectivity index (χ1n) is 8.77. The summed E-state index contributed by atoms with van der Waals surface area (Å²) < 4.78 is 10.6. The molecule has 0 atom stereocenters. The molecule has 0 heterocycles. The van der Waals surface area contributed by atoms with Crippen LogP contribution in [0.15, 0.2) is 66.7 Å². The van der Waals surface area contributed by atoms with Crippen molar-refractivity contribution in [2.75, 3.05) is 19.5 Å². The van der Waals surface area contributed by atoms with E-state index in [9.17, 15) is 9.59 Å². The number of hydrogen-bond donors (Lipinski definition) is 1. The molecule has 0 unspecified atom stereocenters. The second-order valence-corrected chi connectivity index (χ2v) is 6.24. The van der Waals surface area contributed by atoms with Crippen LogP contribution in [-0.2, 0) is 0 Å². The van der Waals surface area contributed by atoms with Crippen molar-refractivity contribution in [3.05, 3.63) is 89.0 Å². The van der Waals surface area contributed by atoms with Crippen LogP contribution in [0.25, 0.3) is 0 Å². The molecule has 3 rings (SSSR count). The van der Waals surface area contributed by atoms with Crippen molar-refractivity contribution < 1.29 is 19.1 Å². The monoisotopic (exact) mass is 375 g/mol. The van der Waals surface area contributed by atoms with E-state index in [1.807, 2.05) is 25.1 Å². The van der Waals surface area contributed by atoms with Gasteiger partial charge >= 0.3 is 0 Å². The first-order chi connectivity index (χ1) is 13.5. The maximum absolute atomic E-state index is 12.7. The van der Waals surface area contributed by atoms with Crippen molar-refractivity contribution in [3.8, 4) is 11.5 Å². The van der Waals surface area contributed by atoms with Crippen molar-refractivity contribution in [2.24, 2.45) is 0 Å². The van der Waals surface area contributed by atoms with Gasteiger partial charge in [-0.3, -0.25) is 9.59 Å². The summed E-state index contributed by atoms with van der Waals surface area (Å²) in [6, 6.07) is 19.2. The van der Waals surface area contributed by atoms with Gasteiger partial charge in [0.25, 0.3) is 5.91 Å². The number of benzene rings is 3. The van der Waals surface area contributed by atoms with Crippen LogP contribution in [0.5, 0.6) is 11.5 Å². The Hall–Kier alpha value is -3.60. The Morgan fingerprint density at radius 3 is 1.96 bits per heavy atom. The highest BCUT2D eigenvalue weighted by atomic mass is 16.5. The third-order valence-corrected chi connectivity index (χ3v) is 4.43. The number of ether oxygens (including phenoxy) is 2. The van der Waals surface area contributed by atoms with Crippen LogP contribution in [0.2, 0.25) is 0 Å². The molecule has 5 nitrogen and oxygen atoms in total. The Morgan fingerprint density at radius 1 is 0.750 bits per heavy atom. The van der Waals surface area contributed by atoms with Crippen molar-refractivity contribution >= 4 is 17.4 Å². The average Bonchev–Trinajstić information content (AvgIpc) is 2.74. The Bertz CT molecular complexity index is 987. The maximum Gasteiger partial charge on any atom is 0.255 e. The predicted octanol–water partition coefficient (Wildman–Crippen LogP) is 4.50. The zero-order valence-electron chi connectivity index (χ0n) is 16.0. The van der Waals surface area contributed by atoms with E-state index < -0.39 is 0 Å². The SMILES string of the molecule is COc1cc(C(=O)Nc2cccc(C(=O)c3ccccc3)c2)cc(OC)c1C. The van der Waals surface area contributed by atoms with Gasteiger partial charge in [0.2, 0.25) is 0 Å². The van der Waals surface area contributed by atoms with Gasteiger partial charge < -0.3 is 14.8 Å². The number of ketones is 1. The van der Waals surface area contributed by atoms with Crippen molar-refractivity contribution in [1.29, 1.82) is 0 Å². The second-order valence-electron chi connectivity index (χ2n) is 6.24. The van der Waals surface area contributed by atoms with Crippen LogP contribution in [0.4, 0.5) is 5.69 Å². The number of amides is 1. The summed E-state index contributed by atoms with van der Waals surface area (Å²) in [5.74, 6) is 0.714. The van der Waals surface area contributed by atoms with Gasteiger partial charge in [0, 0.05) is 27.9 Å². The number of carbonyl (C=O) groups is 2. The summed E-state index contributed by atoms with van der Waals surface area (Å²) in [7, 11) is 3.09. The highest BCUT2D eigenvalue weighted by Gasteiger charge is 2.15. The standard InChI is InChI=1S/C23H21NO4/c1-15-20(27-2)13-18(14-21(15)28-3)23(26)24-19-11-7-10-17(12-19)22(25)16-8-5-4-6-9-16/h4-14H,1-3H3,(H,24,26). The Morgan fingerprint density at radius 2 is 1.36 bits per heavy atom. The molecular formula is C23H21NO4. The number of rotatable bonds is 6. The minimum atomic E-state index is -0.319. The fourth-order valence-corrected chi connectivity index (χ4v) is 2.91. The molecule has 0 aliphatic heterocycles. The van der Waals surface area contributed by atoms with Gasteiger partial charge in [-0.05, 0) is 31.2 Å². The van der Waals surface area contributed by atoms with Gasteiger partial charge in [-0.15, -0.1) is 0 Å². The van der Waals surface area contributed by atoms with Crippen LogP contribution in [0.1, 0.15) is 31.8 Å². The first kappa shape index (κ1) is 19.2. The zero-order chi connectivity index (χ0) is 20.1. The van der Waals surface area contributed by atoms with Gasteiger partial charge in [0.1, 0.15) is 11.5 Å². The number of anilines is 1. The van der Waals surface area contributed by atoms with Gasteiger partial charge in [-0.1, -0.05) is 42.5 Å². The van der Waals surface area contributed by atoms with Gasteiger partial charge in [-0.2, -0.15) is 0 Å². The van der Waals surface area contributed by atoms with E-state index >= 15 is 0 Å². The van der Waals surface area contributed by atoms with Crippen LogP contribution in [0.3, 0.4) is 0 Å². The van der Waals surface area contributed by atoms with Crippen LogP contribution in [-0.4, -0.2) is 25.9 Å². The van der Waals surface area contributed by atoms with E-state index in [0.29, 0.717) is 33.9 Å². The van der Waals surface area contributed by atoms with Gasteiger partial charge in [0.15, 0.2) is 5.78 Å². The van der Waals surface area contributed by atoms with Crippen molar-refractivity contribution in [2.45, 2.75) is 6.92 Å². The molecule has 5 heteroatoms. The average molecular weight is 375 g/mol. The quantitative estimate of drug-likeness (QED) is 0.645. The number of methoxy groups -OCH3 is 2. The summed E-state index contributed by atoms with van der Waals surface area (Å²) >= 11 is 0. The number of hydrogen-bond acceptors (Lipinski definition) is 4. The van der Waals surface area contributed by atoms with E-state index in [2.05, 4.69) is 5.32 Å². The molecule has 0 spiro atoms. The highest BCUT2D eigenvalue weighted by Crippen LogP contribution is 2.30. The summed E-state index contributed by atoms with van der Waals surface area (Å²) in [6.45, 7) is 1.86. The van der Waals surface area contributed by atoms with E-state index in [1.54, 1.807) is 62.8 Å². The predicted molar refractivity (Wildman–Crippen MR) is 109 cm³/mol. The molecule has 0 aliphatic rings. The molecule has 0 saturated heterocycles. The van der Waals surface area contributed by atoms with E-state index in [-0.39, 0.29) is 11.7 Å². The van der Waals surface area contributed by atoms with Crippen LogP contribution in [0, 0.1) is 6.92 Å². The zero-order valence-corrected chi connectivity index (χ0v) is 16.0. The fourth-order valence-electron chi connectivity index (χ4n) is 2.91. The molecule has 0 aromatic heterocycles. The molecule has 3 aromatic carbocycles. The lowest BCUT2D eigenvalue weighted by Gasteiger charge is -2.13. The Kier molecular flexibility index (Phi) is 5.75. The molecule has 0 fully saturated rings. The highest BCUT2D eigenvalue weighted by molar-refractivity contribution is 6.10. The molecule has 0 radical (unpaired) electrons. The van der Waals surface area contributed by atoms with E-state index in [0.717, 1.165) is 5.56 Å². The number of nitrogens with one attached hydrogen (secondary N) is 1. The minimum Gasteiger partial charge on any atom is -0.496 e. The third-order valence-electron chi connectivity index (χ3n) is 4.43. The minimum absolute atomic E-state index is 0.102. The lowest BCUT2D eigenvalue weighted by atomic mass is 10.0. The molecule has 0 saturated carbocycles. The Balaban J connectivity index is 1.85. The molecule has 1 N–H and O–H groups in total. The molecule has 3 aromatic rings. The second kappa shape index (κ2) is 8.39. The molecule has 142 valence electrons. The normalized spacial score (nSPS) is 10.2. The van der Waals surface area contributed by atoms with Crippen LogP contribution < -0.4 is 14.8 Å².